The summed E-state index contributed by atoms with van der Waals surface area (Å²) in [4.78, 5) is 16.2. The van der Waals surface area contributed by atoms with Gasteiger partial charge in [0.2, 0.25) is 0 Å². The maximum atomic E-state index is 5.03. The van der Waals surface area contributed by atoms with Crippen molar-refractivity contribution >= 4 is 44.6 Å². The van der Waals surface area contributed by atoms with Gasteiger partial charge in [-0.3, -0.25) is 0 Å². The number of aromatic nitrogens is 3. The molecule has 0 fully saturated rings. The van der Waals surface area contributed by atoms with Crippen LogP contribution in [0.2, 0.25) is 0 Å². The van der Waals surface area contributed by atoms with Crippen LogP contribution in [0.3, 0.4) is 0 Å². The molecule has 0 radical (unpaired) electrons. The second-order valence-corrected chi connectivity index (χ2v) is 12.2. The maximum Gasteiger partial charge on any atom is 0.164 e. The second kappa shape index (κ2) is 10.3. The Labute approximate surface area is 249 Å². The van der Waals surface area contributed by atoms with Crippen LogP contribution in [-0.2, 0) is 0 Å². The molecule has 5 heteroatoms. The molecule has 4 nitrogen and oxygen atoms in total. The van der Waals surface area contributed by atoms with E-state index in [1.165, 1.54) is 37.7 Å². The first kappa shape index (κ1) is 25.0. The van der Waals surface area contributed by atoms with E-state index < -0.39 is 0 Å². The number of fused-ring (bicyclic) bond motifs is 4. The van der Waals surface area contributed by atoms with E-state index in [2.05, 4.69) is 115 Å². The summed E-state index contributed by atoms with van der Waals surface area (Å²) < 4.78 is 0. The van der Waals surface area contributed by atoms with Crippen LogP contribution >= 0.6 is 11.8 Å². The second-order valence-electron chi connectivity index (χ2n) is 11.1. The number of benzene rings is 5. The number of allylic oxidation sites excluding steroid dienone is 4. The van der Waals surface area contributed by atoms with E-state index in [4.69, 9.17) is 15.0 Å². The van der Waals surface area contributed by atoms with Gasteiger partial charge in [0.15, 0.2) is 17.5 Å². The first-order chi connectivity index (χ1) is 20.7. The number of nitrogens with zero attached hydrogens (tertiary/aromatic N) is 3. The van der Waals surface area contributed by atoms with Crippen LogP contribution in [0.5, 0.6) is 0 Å². The first-order valence-corrected chi connectivity index (χ1v) is 15.2. The molecule has 2 aliphatic rings. The Kier molecular flexibility index (Phi) is 6.11. The Morgan fingerprint density at radius 1 is 0.690 bits per heavy atom. The van der Waals surface area contributed by atoms with Gasteiger partial charge in [0.25, 0.3) is 0 Å². The number of thioether (sulfide) groups is 1. The van der Waals surface area contributed by atoms with Crippen molar-refractivity contribution in [1.82, 2.24) is 15.0 Å². The smallest absolute Gasteiger partial charge is 0.164 e. The fourth-order valence-corrected chi connectivity index (χ4v) is 7.02. The molecule has 2 atom stereocenters. The summed E-state index contributed by atoms with van der Waals surface area (Å²) in [6, 6.07) is 36.4. The molecule has 0 bridgehead atoms. The van der Waals surface area contributed by atoms with Crippen LogP contribution in [0.15, 0.2) is 126 Å². The van der Waals surface area contributed by atoms with Crippen molar-refractivity contribution in [3.8, 4) is 22.8 Å². The van der Waals surface area contributed by atoms with Crippen LogP contribution in [0.25, 0.3) is 49.9 Å². The molecule has 0 saturated carbocycles. The summed E-state index contributed by atoms with van der Waals surface area (Å²) in [5.41, 5.74) is 5.56. The van der Waals surface area contributed by atoms with Crippen LogP contribution < -0.4 is 5.32 Å². The van der Waals surface area contributed by atoms with Crippen LogP contribution in [0.1, 0.15) is 30.1 Å². The number of anilines is 1. The predicted molar refractivity (Wildman–Crippen MR) is 175 cm³/mol. The molecule has 6 aromatic rings. The zero-order valence-corrected chi connectivity index (χ0v) is 24.0. The Bertz CT molecular complexity index is 2050. The predicted octanol–water partition coefficient (Wildman–Crippen LogP) is 9.71. The van der Waals surface area contributed by atoms with E-state index >= 15 is 0 Å². The van der Waals surface area contributed by atoms with Crippen molar-refractivity contribution in [3.05, 3.63) is 133 Å². The third kappa shape index (κ3) is 4.56. The fraction of sp³-hybridized carbons (Fsp3) is 0.108. The van der Waals surface area contributed by atoms with Gasteiger partial charge >= 0.3 is 0 Å². The minimum Gasteiger partial charge on any atom is -0.368 e. The molecule has 2 heterocycles. The van der Waals surface area contributed by atoms with Gasteiger partial charge in [-0.2, -0.15) is 0 Å². The van der Waals surface area contributed by atoms with Crippen molar-refractivity contribution in [2.45, 2.75) is 23.6 Å². The summed E-state index contributed by atoms with van der Waals surface area (Å²) in [6.45, 7) is 2.23. The molecule has 1 aliphatic carbocycles. The topological polar surface area (TPSA) is 50.7 Å². The summed E-state index contributed by atoms with van der Waals surface area (Å²) >= 11 is 1.87. The molecule has 2 unspecified atom stereocenters. The fourth-order valence-electron chi connectivity index (χ4n) is 5.87. The third-order valence-electron chi connectivity index (χ3n) is 8.07. The molecule has 1 N–H and O–H groups in total. The molecule has 1 aromatic heterocycles. The average molecular weight is 561 g/mol. The van der Waals surface area contributed by atoms with Crippen molar-refractivity contribution in [1.29, 1.82) is 0 Å². The van der Waals surface area contributed by atoms with E-state index in [-0.39, 0.29) is 5.37 Å². The van der Waals surface area contributed by atoms with Crippen molar-refractivity contribution in [3.63, 3.8) is 0 Å². The van der Waals surface area contributed by atoms with Crippen molar-refractivity contribution in [2.75, 3.05) is 5.32 Å². The Balaban J connectivity index is 1.21. The average Bonchev–Trinajstić information content (AvgIpc) is 3.50. The maximum absolute atomic E-state index is 5.03. The molecule has 8 rings (SSSR count). The number of hydrogen-bond acceptors (Lipinski definition) is 5. The molecule has 202 valence electrons. The van der Waals surface area contributed by atoms with Gasteiger partial charge in [-0.1, -0.05) is 122 Å². The van der Waals surface area contributed by atoms with Gasteiger partial charge in [-0.15, -0.1) is 0 Å². The standard InChI is InChI=1S/C37H28N4S/c1-23-8-7-13-28(20-23)35-39-34(26-10-3-2-4-11-26)40-36(41-35)29-16-15-25-18-19-32-33(31(25)22-29)38-37(42-32)30-17-14-24-9-5-6-12-27(24)21-30/h2-19,21-23,37-38H,20H2,1H3. The lowest BCUT2D eigenvalue weighted by atomic mass is 9.95. The third-order valence-corrected chi connectivity index (χ3v) is 9.29. The van der Waals surface area contributed by atoms with Gasteiger partial charge in [-0.25, -0.2) is 15.0 Å². The molecule has 0 spiro atoms. The quantitative estimate of drug-likeness (QED) is 0.233. The lowest BCUT2D eigenvalue weighted by Gasteiger charge is -2.15. The monoisotopic (exact) mass is 560 g/mol. The molecule has 42 heavy (non-hydrogen) atoms. The minimum absolute atomic E-state index is 0.153. The molecular formula is C37H28N4S. The van der Waals surface area contributed by atoms with Crippen LogP contribution in [0, 0.1) is 5.92 Å². The van der Waals surface area contributed by atoms with E-state index in [0.29, 0.717) is 17.6 Å². The molecule has 0 amide bonds. The number of nitrogens with one attached hydrogen (secondary N) is 1. The van der Waals surface area contributed by atoms with Gasteiger partial charge in [0.05, 0.1) is 5.69 Å². The zero-order valence-electron chi connectivity index (χ0n) is 23.2. The Morgan fingerprint density at radius 2 is 1.43 bits per heavy atom. The first-order valence-electron chi connectivity index (χ1n) is 14.4. The molecule has 5 aromatic carbocycles. The highest BCUT2D eigenvalue weighted by Gasteiger charge is 2.25. The Hall–Kier alpha value is -4.74. The highest BCUT2D eigenvalue weighted by molar-refractivity contribution is 8.00. The molecular weight excluding hydrogens is 533 g/mol. The SMILES string of the molecule is CC1C=CC=C(c2nc(-c3ccccc3)nc(-c3ccc4ccc5c(c4c3)NC(c3ccc4ccccc4c3)S5)n2)C1. The van der Waals surface area contributed by atoms with E-state index in [9.17, 15) is 0 Å². The lowest BCUT2D eigenvalue weighted by molar-refractivity contribution is 0.742. The summed E-state index contributed by atoms with van der Waals surface area (Å²) in [5.74, 6) is 2.59. The van der Waals surface area contributed by atoms with Crippen molar-refractivity contribution in [2.24, 2.45) is 5.92 Å². The highest BCUT2D eigenvalue weighted by atomic mass is 32.2. The van der Waals surface area contributed by atoms with Crippen LogP contribution in [-0.4, -0.2) is 15.0 Å². The largest absolute Gasteiger partial charge is 0.368 e. The van der Waals surface area contributed by atoms with E-state index in [0.717, 1.165) is 28.9 Å². The molecule has 1 aliphatic heterocycles. The lowest BCUT2D eigenvalue weighted by Crippen LogP contribution is -2.06. The number of rotatable bonds is 4. The summed E-state index contributed by atoms with van der Waals surface area (Å²) in [5, 5.41) is 8.88. The minimum atomic E-state index is 0.153. The van der Waals surface area contributed by atoms with Gasteiger partial charge in [0.1, 0.15) is 5.37 Å². The van der Waals surface area contributed by atoms with Crippen molar-refractivity contribution < 1.29 is 0 Å². The normalized spacial score (nSPS) is 17.7. The van der Waals surface area contributed by atoms with E-state index in [1.54, 1.807) is 0 Å². The van der Waals surface area contributed by atoms with Gasteiger partial charge in [-0.05, 0) is 57.8 Å². The summed E-state index contributed by atoms with van der Waals surface area (Å²) in [7, 11) is 0. The Morgan fingerprint density at radius 3 is 2.29 bits per heavy atom. The van der Waals surface area contributed by atoms with Gasteiger partial charge < -0.3 is 5.32 Å². The summed E-state index contributed by atoms with van der Waals surface area (Å²) in [6.07, 6.45) is 7.39. The zero-order chi connectivity index (χ0) is 28.0. The van der Waals surface area contributed by atoms with Gasteiger partial charge in [0, 0.05) is 21.4 Å². The molecule has 0 saturated heterocycles. The highest BCUT2D eigenvalue weighted by Crippen LogP contribution is 2.50. The number of hydrogen-bond donors (Lipinski definition) is 1. The van der Waals surface area contributed by atoms with E-state index in [1.807, 2.05) is 30.0 Å². The van der Waals surface area contributed by atoms with Crippen LogP contribution in [0.4, 0.5) is 5.69 Å².